The number of halogens is 1. The van der Waals surface area contributed by atoms with Crippen LogP contribution >= 0.6 is 15.9 Å². The van der Waals surface area contributed by atoms with Crippen molar-refractivity contribution in [2.75, 3.05) is 18.4 Å². The van der Waals surface area contributed by atoms with Gasteiger partial charge in [0.2, 0.25) is 0 Å². The van der Waals surface area contributed by atoms with E-state index in [1.165, 1.54) is 5.56 Å². The van der Waals surface area contributed by atoms with Gasteiger partial charge in [0.25, 0.3) is 0 Å². The summed E-state index contributed by atoms with van der Waals surface area (Å²) in [6, 6.07) is 2.09. The quantitative estimate of drug-likeness (QED) is 0.876. The predicted molar refractivity (Wildman–Crippen MR) is 70.8 cm³/mol. The molecule has 1 aromatic rings. The number of nitrogens with zero attached hydrogens (tertiary/aromatic N) is 1. The zero-order valence-corrected chi connectivity index (χ0v) is 11.4. The van der Waals surface area contributed by atoms with Crippen LogP contribution in [0.1, 0.15) is 25.3 Å². The molecule has 1 fully saturated rings. The van der Waals surface area contributed by atoms with Gasteiger partial charge in [-0.2, -0.15) is 0 Å². The van der Waals surface area contributed by atoms with Crippen LogP contribution in [0.15, 0.2) is 16.7 Å². The summed E-state index contributed by atoms with van der Waals surface area (Å²) in [5, 5.41) is 6.93. The highest BCUT2D eigenvalue weighted by atomic mass is 79.9. The SMILES string of the molecule is Cc1cc(NC2(C)CCNCC2)ncc1Br. The van der Waals surface area contributed by atoms with Gasteiger partial charge in [-0.05, 0) is 67.3 Å². The van der Waals surface area contributed by atoms with Crippen molar-refractivity contribution in [2.45, 2.75) is 32.2 Å². The van der Waals surface area contributed by atoms with Crippen molar-refractivity contribution < 1.29 is 0 Å². The van der Waals surface area contributed by atoms with Crippen molar-refractivity contribution in [2.24, 2.45) is 0 Å². The lowest BCUT2D eigenvalue weighted by Gasteiger charge is -2.35. The molecule has 1 aromatic heterocycles. The molecule has 0 unspecified atom stereocenters. The smallest absolute Gasteiger partial charge is 0.126 e. The fraction of sp³-hybridized carbons (Fsp3) is 0.583. The molecule has 0 bridgehead atoms. The Bertz CT molecular complexity index is 373. The molecule has 0 spiro atoms. The van der Waals surface area contributed by atoms with E-state index in [1.807, 2.05) is 6.20 Å². The van der Waals surface area contributed by atoms with Gasteiger partial charge in [0, 0.05) is 16.2 Å². The molecule has 2 N–H and O–H groups in total. The first-order chi connectivity index (χ1) is 7.59. The molecule has 0 aliphatic carbocycles. The van der Waals surface area contributed by atoms with E-state index in [9.17, 15) is 0 Å². The second kappa shape index (κ2) is 4.72. The molecule has 0 aromatic carbocycles. The van der Waals surface area contributed by atoms with Gasteiger partial charge in [0.15, 0.2) is 0 Å². The minimum absolute atomic E-state index is 0.179. The first-order valence-electron chi connectivity index (χ1n) is 5.70. The number of aryl methyl sites for hydroxylation is 1. The van der Waals surface area contributed by atoms with Crippen LogP contribution in [0.3, 0.4) is 0 Å². The minimum atomic E-state index is 0.179. The highest BCUT2D eigenvalue weighted by Crippen LogP contribution is 2.24. The number of anilines is 1. The Kier molecular flexibility index (Phi) is 3.50. The molecular formula is C12H18BrN3. The summed E-state index contributed by atoms with van der Waals surface area (Å²) >= 11 is 3.47. The Morgan fingerprint density at radius 3 is 2.75 bits per heavy atom. The van der Waals surface area contributed by atoms with Crippen molar-refractivity contribution in [3.05, 3.63) is 22.3 Å². The monoisotopic (exact) mass is 283 g/mol. The minimum Gasteiger partial charge on any atom is -0.365 e. The number of piperidine rings is 1. The van der Waals surface area contributed by atoms with E-state index in [1.54, 1.807) is 0 Å². The molecular weight excluding hydrogens is 266 g/mol. The van der Waals surface area contributed by atoms with Crippen LogP contribution in [-0.2, 0) is 0 Å². The van der Waals surface area contributed by atoms with Crippen LogP contribution in [0.2, 0.25) is 0 Å². The summed E-state index contributed by atoms with van der Waals surface area (Å²) in [5.41, 5.74) is 1.40. The van der Waals surface area contributed by atoms with Gasteiger partial charge in [0.05, 0.1) is 0 Å². The molecule has 1 saturated heterocycles. The fourth-order valence-corrected chi connectivity index (χ4v) is 2.24. The molecule has 16 heavy (non-hydrogen) atoms. The zero-order chi connectivity index (χ0) is 11.6. The number of nitrogens with one attached hydrogen (secondary N) is 2. The summed E-state index contributed by atoms with van der Waals surface area (Å²) in [6.45, 7) is 6.52. The Morgan fingerprint density at radius 1 is 1.44 bits per heavy atom. The molecule has 0 atom stereocenters. The number of hydrogen-bond acceptors (Lipinski definition) is 3. The van der Waals surface area contributed by atoms with Gasteiger partial charge < -0.3 is 10.6 Å². The third-order valence-corrected chi connectivity index (χ3v) is 4.01. The van der Waals surface area contributed by atoms with Crippen LogP contribution in [0.5, 0.6) is 0 Å². The first kappa shape index (κ1) is 11.9. The largest absolute Gasteiger partial charge is 0.365 e. The lowest BCUT2D eigenvalue weighted by Crippen LogP contribution is -2.45. The lowest BCUT2D eigenvalue weighted by molar-refractivity contribution is 0.364. The Morgan fingerprint density at radius 2 is 2.12 bits per heavy atom. The molecule has 0 amide bonds. The molecule has 1 aliphatic rings. The van der Waals surface area contributed by atoms with E-state index >= 15 is 0 Å². The molecule has 1 aliphatic heterocycles. The Labute approximate surface area is 105 Å². The first-order valence-corrected chi connectivity index (χ1v) is 6.49. The average Bonchev–Trinajstić information content (AvgIpc) is 2.24. The number of aromatic nitrogens is 1. The van der Waals surface area contributed by atoms with Crippen LogP contribution in [-0.4, -0.2) is 23.6 Å². The van der Waals surface area contributed by atoms with Crippen molar-refractivity contribution in [3.63, 3.8) is 0 Å². The molecule has 0 radical (unpaired) electrons. The predicted octanol–water partition coefficient (Wildman–Crippen LogP) is 2.71. The number of hydrogen-bond donors (Lipinski definition) is 2. The van der Waals surface area contributed by atoms with Crippen molar-refractivity contribution >= 4 is 21.7 Å². The normalized spacial score (nSPS) is 19.4. The van der Waals surface area contributed by atoms with E-state index in [-0.39, 0.29) is 5.54 Å². The fourth-order valence-electron chi connectivity index (χ4n) is 2.02. The summed E-state index contributed by atoms with van der Waals surface area (Å²) < 4.78 is 1.06. The topological polar surface area (TPSA) is 37.0 Å². The number of pyridine rings is 1. The van der Waals surface area contributed by atoms with Gasteiger partial charge in [-0.15, -0.1) is 0 Å². The van der Waals surface area contributed by atoms with E-state index in [2.05, 4.69) is 51.5 Å². The molecule has 0 saturated carbocycles. The van der Waals surface area contributed by atoms with Crippen LogP contribution in [0.4, 0.5) is 5.82 Å². The highest BCUT2D eigenvalue weighted by molar-refractivity contribution is 9.10. The second-order valence-corrected chi connectivity index (χ2v) is 5.61. The van der Waals surface area contributed by atoms with Crippen LogP contribution in [0.25, 0.3) is 0 Å². The maximum atomic E-state index is 4.40. The Balaban J connectivity index is 2.10. The van der Waals surface area contributed by atoms with Gasteiger partial charge in [-0.1, -0.05) is 0 Å². The zero-order valence-electron chi connectivity index (χ0n) is 9.81. The van der Waals surface area contributed by atoms with Crippen LogP contribution in [0, 0.1) is 6.92 Å². The van der Waals surface area contributed by atoms with Crippen LogP contribution < -0.4 is 10.6 Å². The molecule has 2 rings (SSSR count). The summed E-state index contributed by atoms with van der Waals surface area (Å²) in [4.78, 5) is 4.40. The van der Waals surface area contributed by atoms with Gasteiger partial charge in [-0.25, -0.2) is 4.98 Å². The van der Waals surface area contributed by atoms with E-state index < -0.39 is 0 Å². The third-order valence-electron chi connectivity index (χ3n) is 3.18. The molecule has 2 heterocycles. The second-order valence-electron chi connectivity index (χ2n) is 4.75. The maximum absolute atomic E-state index is 4.40. The average molecular weight is 284 g/mol. The molecule has 88 valence electrons. The number of rotatable bonds is 2. The molecule has 4 heteroatoms. The van der Waals surface area contributed by atoms with Gasteiger partial charge in [-0.3, -0.25) is 0 Å². The third kappa shape index (κ3) is 2.74. The maximum Gasteiger partial charge on any atom is 0.126 e. The van der Waals surface area contributed by atoms with Crippen molar-refractivity contribution in [3.8, 4) is 0 Å². The van der Waals surface area contributed by atoms with Crippen molar-refractivity contribution in [1.29, 1.82) is 0 Å². The lowest BCUT2D eigenvalue weighted by atomic mass is 9.90. The standard InChI is InChI=1S/C12H18BrN3/c1-9-7-11(15-8-10(9)13)16-12(2)3-5-14-6-4-12/h7-8,14H,3-6H2,1-2H3,(H,15,16). The molecule has 3 nitrogen and oxygen atoms in total. The summed E-state index contributed by atoms with van der Waals surface area (Å²) in [6.07, 6.45) is 4.15. The van der Waals surface area contributed by atoms with Crippen molar-refractivity contribution in [1.82, 2.24) is 10.3 Å². The van der Waals surface area contributed by atoms with Gasteiger partial charge in [0.1, 0.15) is 5.82 Å². The van der Waals surface area contributed by atoms with Gasteiger partial charge >= 0.3 is 0 Å². The summed E-state index contributed by atoms with van der Waals surface area (Å²) in [5.74, 6) is 0.977. The summed E-state index contributed by atoms with van der Waals surface area (Å²) in [7, 11) is 0. The van der Waals surface area contributed by atoms with E-state index in [0.717, 1.165) is 36.2 Å². The van der Waals surface area contributed by atoms with E-state index in [4.69, 9.17) is 0 Å². The highest BCUT2D eigenvalue weighted by Gasteiger charge is 2.26. The Hall–Kier alpha value is -0.610. The van der Waals surface area contributed by atoms with E-state index in [0.29, 0.717) is 0 Å².